The number of unbranched alkanes of at least 4 members (excludes halogenated alkanes) is 35. The Balaban J connectivity index is 4.23. The van der Waals surface area contributed by atoms with E-state index < -0.39 is 6.10 Å². The third-order valence-electron chi connectivity index (χ3n) is 12.6. The van der Waals surface area contributed by atoms with Crippen molar-refractivity contribution in [3.05, 3.63) is 36.5 Å². The van der Waals surface area contributed by atoms with Gasteiger partial charge in [0.25, 0.3) is 0 Å². The smallest absolute Gasteiger partial charge is 0.306 e. The summed E-state index contributed by atoms with van der Waals surface area (Å²) in [5.41, 5.74) is 0. The maximum atomic E-state index is 12.8. The van der Waals surface area contributed by atoms with Gasteiger partial charge >= 0.3 is 17.9 Å². The van der Waals surface area contributed by atoms with Crippen molar-refractivity contribution in [3.8, 4) is 0 Å². The molecule has 0 aromatic carbocycles. The minimum atomic E-state index is -0.779. The Morgan fingerprint density at radius 2 is 0.585 bits per heavy atom. The van der Waals surface area contributed by atoms with Gasteiger partial charge in [0.1, 0.15) is 13.2 Å². The topological polar surface area (TPSA) is 78.9 Å². The monoisotopic (exact) mass is 913 g/mol. The molecular weight excluding hydrogens is 805 g/mol. The summed E-state index contributed by atoms with van der Waals surface area (Å²) < 4.78 is 16.8. The van der Waals surface area contributed by atoms with E-state index in [9.17, 15) is 14.4 Å². The van der Waals surface area contributed by atoms with E-state index in [4.69, 9.17) is 14.2 Å². The van der Waals surface area contributed by atoms with Crippen LogP contribution in [0, 0.1) is 0 Å². The fourth-order valence-electron chi connectivity index (χ4n) is 8.30. The molecule has 65 heavy (non-hydrogen) atoms. The number of esters is 3. The number of allylic oxidation sites excluding steroid dienone is 6. The zero-order valence-corrected chi connectivity index (χ0v) is 43.5. The van der Waals surface area contributed by atoms with Gasteiger partial charge in [-0.1, -0.05) is 250 Å². The molecule has 1 unspecified atom stereocenters. The molecule has 0 aliphatic heterocycles. The van der Waals surface area contributed by atoms with Crippen LogP contribution >= 0.6 is 0 Å². The van der Waals surface area contributed by atoms with Gasteiger partial charge in [-0.25, -0.2) is 0 Å². The normalized spacial score (nSPS) is 12.2. The first-order valence-electron chi connectivity index (χ1n) is 28.5. The Labute approximate surface area is 404 Å². The molecular formula is C59H108O6. The summed E-state index contributed by atoms with van der Waals surface area (Å²) in [6, 6.07) is 0. The molecule has 380 valence electrons. The summed E-state index contributed by atoms with van der Waals surface area (Å²) in [4.78, 5) is 38.0. The van der Waals surface area contributed by atoms with Gasteiger partial charge in [-0.05, 0) is 70.6 Å². The fraction of sp³-hybridized carbons (Fsp3) is 0.847. The summed E-state index contributed by atoms with van der Waals surface area (Å²) in [6.45, 7) is 6.57. The molecule has 6 nitrogen and oxygen atoms in total. The predicted octanol–water partition coefficient (Wildman–Crippen LogP) is 18.9. The van der Waals surface area contributed by atoms with Crippen molar-refractivity contribution in [2.45, 2.75) is 309 Å². The lowest BCUT2D eigenvalue weighted by Crippen LogP contribution is -2.30. The van der Waals surface area contributed by atoms with Crippen LogP contribution in [-0.4, -0.2) is 37.2 Å². The Morgan fingerprint density at radius 3 is 0.954 bits per heavy atom. The van der Waals surface area contributed by atoms with Crippen molar-refractivity contribution in [1.29, 1.82) is 0 Å². The first kappa shape index (κ1) is 62.6. The second kappa shape index (κ2) is 54.2. The van der Waals surface area contributed by atoms with Crippen molar-refractivity contribution in [1.82, 2.24) is 0 Å². The minimum absolute atomic E-state index is 0.0774. The Hall–Kier alpha value is -2.37. The molecule has 0 saturated carbocycles. The highest BCUT2D eigenvalue weighted by molar-refractivity contribution is 5.71. The number of hydrogen-bond acceptors (Lipinski definition) is 6. The standard InChI is InChI=1S/C59H108O6/c1-4-7-10-13-16-19-22-24-26-27-28-29-30-31-32-34-35-37-40-43-46-49-52-58(61)64-55-56(54-63-57(60)51-48-45-42-39-21-18-15-12-9-6-3)65-59(62)53-50-47-44-41-38-36-33-25-23-20-17-14-11-8-5-2/h12,15,17,20,25,33,56H,4-11,13-14,16,18-19,21-24,26-32,34-55H2,1-3H3/b15-12-,20-17-,33-25-. The highest BCUT2D eigenvalue weighted by atomic mass is 16.6. The molecule has 0 aliphatic rings. The zero-order valence-electron chi connectivity index (χ0n) is 43.5. The number of rotatable bonds is 52. The largest absolute Gasteiger partial charge is 0.462 e. The van der Waals surface area contributed by atoms with E-state index in [1.165, 1.54) is 167 Å². The van der Waals surface area contributed by atoms with Gasteiger partial charge in [0, 0.05) is 19.3 Å². The van der Waals surface area contributed by atoms with E-state index in [2.05, 4.69) is 57.2 Å². The van der Waals surface area contributed by atoms with Gasteiger partial charge < -0.3 is 14.2 Å². The molecule has 1 atom stereocenters. The summed E-state index contributed by atoms with van der Waals surface area (Å²) >= 11 is 0. The van der Waals surface area contributed by atoms with Gasteiger partial charge in [-0.15, -0.1) is 0 Å². The summed E-state index contributed by atoms with van der Waals surface area (Å²) in [5.74, 6) is -0.888. The third-order valence-corrected chi connectivity index (χ3v) is 12.6. The highest BCUT2D eigenvalue weighted by Gasteiger charge is 2.19. The van der Waals surface area contributed by atoms with Crippen LogP contribution in [0.15, 0.2) is 36.5 Å². The van der Waals surface area contributed by atoms with E-state index in [-0.39, 0.29) is 31.1 Å². The lowest BCUT2D eigenvalue weighted by atomic mass is 10.0. The Bertz CT molecular complexity index is 1090. The van der Waals surface area contributed by atoms with Crippen molar-refractivity contribution in [3.63, 3.8) is 0 Å². The SMILES string of the molecule is CCC/C=C\CCCCCCCC(=O)OCC(COC(=O)CCCCCCCCCCCCCCCCCCCCCCCC)OC(=O)CCCCCCC/C=C\C/C=C\CCCCC. The van der Waals surface area contributed by atoms with Crippen LogP contribution in [0.2, 0.25) is 0 Å². The quantitative estimate of drug-likeness (QED) is 0.0262. The van der Waals surface area contributed by atoms with Gasteiger partial charge in [0.15, 0.2) is 6.10 Å². The molecule has 0 aliphatic carbocycles. The van der Waals surface area contributed by atoms with Crippen LogP contribution in [0.1, 0.15) is 303 Å². The van der Waals surface area contributed by atoms with E-state index in [0.29, 0.717) is 19.3 Å². The molecule has 0 aromatic rings. The molecule has 6 heteroatoms. The molecule has 0 saturated heterocycles. The maximum absolute atomic E-state index is 12.8. The first-order chi connectivity index (χ1) is 32.0. The minimum Gasteiger partial charge on any atom is -0.462 e. The number of hydrogen-bond donors (Lipinski definition) is 0. The number of carbonyl (C=O) groups is 3. The molecule has 0 spiro atoms. The zero-order chi connectivity index (χ0) is 47.2. The summed E-state index contributed by atoms with van der Waals surface area (Å²) in [7, 11) is 0. The van der Waals surface area contributed by atoms with E-state index in [1.54, 1.807) is 0 Å². The average molecular weight is 914 g/mol. The average Bonchev–Trinajstić information content (AvgIpc) is 3.30. The van der Waals surface area contributed by atoms with Gasteiger partial charge in [0.05, 0.1) is 0 Å². The van der Waals surface area contributed by atoms with Crippen molar-refractivity contribution < 1.29 is 28.6 Å². The van der Waals surface area contributed by atoms with Crippen molar-refractivity contribution in [2.24, 2.45) is 0 Å². The van der Waals surface area contributed by atoms with Gasteiger partial charge in [-0.2, -0.15) is 0 Å². The molecule has 0 fully saturated rings. The predicted molar refractivity (Wildman–Crippen MR) is 279 cm³/mol. The molecule has 0 amide bonds. The second-order valence-electron chi connectivity index (χ2n) is 19.2. The lowest BCUT2D eigenvalue weighted by molar-refractivity contribution is -0.167. The summed E-state index contributed by atoms with van der Waals surface area (Å²) in [6.07, 6.45) is 64.3. The molecule has 0 heterocycles. The van der Waals surface area contributed by atoms with E-state index in [0.717, 1.165) is 96.3 Å². The van der Waals surface area contributed by atoms with Crippen LogP contribution in [0.5, 0.6) is 0 Å². The van der Waals surface area contributed by atoms with E-state index in [1.807, 2.05) is 0 Å². The highest BCUT2D eigenvalue weighted by Crippen LogP contribution is 2.17. The molecule has 0 aromatic heterocycles. The van der Waals surface area contributed by atoms with Crippen LogP contribution in [0.4, 0.5) is 0 Å². The van der Waals surface area contributed by atoms with Crippen molar-refractivity contribution >= 4 is 17.9 Å². The van der Waals surface area contributed by atoms with Crippen LogP contribution in [-0.2, 0) is 28.6 Å². The van der Waals surface area contributed by atoms with Gasteiger partial charge in [0.2, 0.25) is 0 Å². The lowest BCUT2D eigenvalue weighted by Gasteiger charge is -2.18. The van der Waals surface area contributed by atoms with Crippen LogP contribution in [0.25, 0.3) is 0 Å². The first-order valence-corrected chi connectivity index (χ1v) is 28.5. The second-order valence-corrected chi connectivity index (χ2v) is 19.2. The molecule has 0 N–H and O–H groups in total. The van der Waals surface area contributed by atoms with E-state index >= 15 is 0 Å². The maximum Gasteiger partial charge on any atom is 0.306 e. The van der Waals surface area contributed by atoms with Gasteiger partial charge in [-0.3, -0.25) is 14.4 Å². The number of carbonyl (C=O) groups excluding carboxylic acids is 3. The molecule has 0 bridgehead atoms. The fourth-order valence-corrected chi connectivity index (χ4v) is 8.30. The Kier molecular flexibility index (Phi) is 52.3. The van der Waals surface area contributed by atoms with Crippen LogP contribution in [0.3, 0.4) is 0 Å². The number of ether oxygens (including phenoxy) is 3. The third kappa shape index (κ3) is 52.5. The summed E-state index contributed by atoms with van der Waals surface area (Å²) in [5, 5.41) is 0. The van der Waals surface area contributed by atoms with Crippen LogP contribution < -0.4 is 0 Å². The molecule has 0 radical (unpaired) electrons. The molecule has 0 rings (SSSR count). The van der Waals surface area contributed by atoms with Crippen molar-refractivity contribution in [2.75, 3.05) is 13.2 Å². The Morgan fingerprint density at radius 1 is 0.308 bits per heavy atom.